The number of unbranched alkanes of at least 4 members (excludes halogenated alkanes) is 13. The van der Waals surface area contributed by atoms with E-state index in [2.05, 4.69) is 6.92 Å². The van der Waals surface area contributed by atoms with Gasteiger partial charge in [0.05, 0.1) is 6.61 Å². The lowest BCUT2D eigenvalue weighted by atomic mass is 9.99. The van der Waals surface area contributed by atoms with Crippen molar-refractivity contribution < 1.29 is 29.9 Å². The molecule has 0 bridgehead atoms. The third-order valence-electron chi connectivity index (χ3n) is 6.19. The minimum absolute atomic E-state index is 0.0889. The van der Waals surface area contributed by atoms with E-state index in [0.717, 1.165) is 12.2 Å². The van der Waals surface area contributed by atoms with E-state index in [1.54, 1.807) is 0 Å². The molecule has 6 nitrogen and oxygen atoms in total. The summed E-state index contributed by atoms with van der Waals surface area (Å²) in [6, 6.07) is 0. The first-order chi connectivity index (χ1) is 15.6. The standard InChI is InChI=1S/C25H50O6S/c1-2-3-4-5-6-7-8-9-10-11-12-13-14-15-18-32-19-16-17-30-20-21-22(26)23(27)24(28)25(29)31-21/h21-29H,2-20H2,1H3/t21-,22+,23+,24-,25+/m1/s1. The molecule has 0 aromatic heterocycles. The molecular formula is C25H50O6S. The van der Waals surface area contributed by atoms with Crippen LogP contribution in [0.2, 0.25) is 0 Å². The molecular weight excluding hydrogens is 428 g/mol. The Morgan fingerprint density at radius 1 is 0.625 bits per heavy atom. The number of aliphatic hydroxyl groups is 4. The van der Waals surface area contributed by atoms with Crippen LogP contribution in [-0.4, -0.2) is 75.9 Å². The van der Waals surface area contributed by atoms with E-state index < -0.39 is 30.7 Å². The summed E-state index contributed by atoms with van der Waals surface area (Å²) in [4.78, 5) is 0. The number of rotatable bonds is 21. The van der Waals surface area contributed by atoms with Crippen LogP contribution in [0, 0.1) is 0 Å². The summed E-state index contributed by atoms with van der Waals surface area (Å²) in [6.07, 6.45) is 13.9. The molecule has 0 radical (unpaired) electrons. The second-order valence-electron chi connectivity index (χ2n) is 9.17. The van der Waals surface area contributed by atoms with Gasteiger partial charge in [-0.05, 0) is 24.3 Å². The highest BCUT2D eigenvalue weighted by molar-refractivity contribution is 7.99. The molecule has 0 aromatic carbocycles. The van der Waals surface area contributed by atoms with Crippen LogP contribution in [0.4, 0.5) is 0 Å². The Morgan fingerprint density at radius 2 is 1.12 bits per heavy atom. The molecule has 5 atom stereocenters. The summed E-state index contributed by atoms with van der Waals surface area (Å²) in [5.74, 6) is 2.23. The SMILES string of the molecule is CCCCCCCCCCCCCCCCSCCCOC[C@H]1O[C@H](O)[C@H](O)[C@@H](O)[C@H]1O. The van der Waals surface area contributed by atoms with Crippen LogP contribution in [0.3, 0.4) is 0 Å². The van der Waals surface area contributed by atoms with E-state index in [1.807, 2.05) is 11.8 Å². The van der Waals surface area contributed by atoms with Crippen molar-refractivity contribution in [2.75, 3.05) is 24.7 Å². The number of hydrogen-bond acceptors (Lipinski definition) is 7. The Morgan fingerprint density at radius 3 is 1.69 bits per heavy atom. The lowest BCUT2D eigenvalue weighted by molar-refractivity contribution is -0.288. The van der Waals surface area contributed by atoms with Gasteiger partial charge in [-0.25, -0.2) is 0 Å². The van der Waals surface area contributed by atoms with Crippen LogP contribution >= 0.6 is 11.8 Å². The summed E-state index contributed by atoms with van der Waals surface area (Å²) >= 11 is 1.95. The Bertz CT molecular complexity index is 414. The first kappa shape index (κ1) is 30.1. The fourth-order valence-corrected chi connectivity index (χ4v) is 4.97. The molecule has 0 unspecified atom stereocenters. The molecule has 1 aliphatic heterocycles. The summed E-state index contributed by atoms with van der Waals surface area (Å²) in [7, 11) is 0. The van der Waals surface area contributed by atoms with Crippen LogP contribution in [0.1, 0.15) is 103 Å². The molecule has 0 saturated carbocycles. The minimum atomic E-state index is -1.50. The maximum atomic E-state index is 9.85. The molecule has 1 fully saturated rings. The van der Waals surface area contributed by atoms with E-state index in [9.17, 15) is 20.4 Å². The zero-order valence-corrected chi connectivity index (χ0v) is 21.2. The van der Waals surface area contributed by atoms with E-state index in [1.165, 1.54) is 95.6 Å². The van der Waals surface area contributed by atoms with Gasteiger partial charge < -0.3 is 29.9 Å². The van der Waals surface area contributed by atoms with Gasteiger partial charge in [0.1, 0.15) is 24.4 Å². The smallest absolute Gasteiger partial charge is 0.184 e. The van der Waals surface area contributed by atoms with Crippen LogP contribution < -0.4 is 0 Å². The predicted octanol–water partition coefficient (Wildman–Crippen LogP) is 4.41. The van der Waals surface area contributed by atoms with Gasteiger partial charge in [0.15, 0.2) is 6.29 Å². The van der Waals surface area contributed by atoms with E-state index in [-0.39, 0.29) is 6.61 Å². The molecule has 7 heteroatoms. The van der Waals surface area contributed by atoms with Crippen molar-refractivity contribution in [3.63, 3.8) is 0 Å². The van der Waals surface area contributed by atoms with Gasteiger partial charge in [-0.1, -0.05) is 90.4 Å². The maximum Gasteiger partial charge on any atom is 0.184 e. The molecule has 0 spiro atoms. The molecule has 192 valence electrons. The van der Waals surface area contributed by atoms with Crippen molar-refractivity contribution in [2.24, 2.45) is 0 Å². The van der Waals surface area contributed by atoms with Crippen LogP contribution in [0.25, 0.3) is 0 Å². The van der Waals surface area contributed by atoms with Crippen molar-refractivity contribution in [1.29, 1.82) is 0 Å². The van der Waals surface area contributed by atoms with E-state index in [4.69, 9.17) is 9.47 Å². The number of hydrogen-bond donors (Lipinski definition) is 4. The third kappa shape index (κ3) is 14.4. The normalized spacial score (nSPS) is 26.0. The number of ether oxygens (including phenoxy) is 2. The largest absolute Gasteiger partial charge is 0.387 e. The van der Waals surface area contributed by atoms with Gasteiger partial charge in [0.25, 0.3) is 0 Å². The van der Waals surface area contributed by atoms with Crippen molar-refractivity contribution in [3.05, 3.63) is 0 Å². The minimum Gasteiger partial charge on any atom is -0.387 e. The highest BCUT2D eigenvalue weighted by atomic mass is 32.2. The summed E-state index contributed by atoms with van der Waals surface area (Å²) in [6.45, 7) is 2.91. The monoisotopic (exact) mass is 478 g/mol. The fraction of sp³-hybridized carbons (Fsp3) is 1.00. The lowest BCUT2D eigenvalue weighted by Gasteiger charge is -2.38. The van der Waals surface area contributed by atoms with Gasteiger partial charge in [-0.3, -0.25) is 0 Å². The van der Waals surface area contributed by atoms with Crippen molar-refractivity contribution in [1.82, 2.24) is 0 Å². The van der Waals surface area contributed by atoms with E-state index in [0.29, 0.717) is 6.61 Å². The summed E-state index contributed by atoms with van der Waals surface area (Å²) in [5, 5.41) is 38.5. The van der Waals surface area contributed by atoms with Gasteiger partial charge in [-0.15, -0.1) is 0 Å². The second-order valence-corrected chi connectivity index (χ2v) is 10.4. The Labute approximate surface area is 200 Å². The molecule has 0 aliphatic carbocycles. The average molecular weight is 479 g/mol. The second kappa shape index (κ2) is 20.5. The molecule has 4 N–H and O–H groups in total. The lowest BCUT2D eigenvalue weighted by Crippen LogP contribution is -2.58. The zero-order valence-electron chi connectivity index (χ0n) is 20.3. The molecule has 1 heterocycles. The average Bonchev–Trinajstić information content (AvgIpc) is 2.79. The van der Waals surface area contributed by atoms with Crippen molar-refractivity contribution in [2.45, 2.75) is 134 Å². The van der Waals surface area contributed by atoms with Crippen molar-refractivity contribution >= 4 is 11.8 Å². The Hall–Kier alpha value is 0.110. The van der Waals surface area contributed by atoms with Gasteiger partial charge in [-0.2, -0.15) is 11.8 Å². The highest BCUT2D eigenvalue weighted by Gasteiger charge is 2.42. The van der Waals surface area contributed by atoms with Gasteiger partial charge >= 0.3 is 0 Å². The van der Waals surface area contributed by atoms with Crippen LogP contribution in [-0.2, 0) is 9.47 Å². The molecule has 1 aliphatic rings. The van der Waals surface area contributed by atoms with Crippen LogP contribution in [0.15, 0.2) is 0 Å². The first-order valence-electron chi connectivity index (χ1n) is 13.1. The van der Waals surface area contributed by atoms with Gasteiger partial charge in [0.2, 0.25) is 0 Å². The zero-order chi connectivity index (χ0) is 23.4. The summed E-state index contributed by atoms with van der Waals surface area (Å²) in [5.41, 5.74) is 0. The van der Waals surface area contributed by atoms with Gasteiger partial charge in [0, 0.05) is 6.61 Å². The first-order valence-corrected chi connectivity index (χ1v) is 14.3. The van der Waals surface area contributed by atoms with E-state index >= 15 is 0 Å². The number of aliphatic hydroxyl groups excluding tert-OH is 4. The number of thioether (sulfide) groups is 1. The molecule has 0 amide bonds. The predicted molar refractivity (Wildman–Crippen MR) is 132 cm³/mol. The van der Waals surface area contributed by atoms with Crippen molar-refractivity contribution in [3.8, 4) is 0 Å². The molecule has 1 saturated heterocycles. The molecule has 0 aromatic rings. The van der Waals surface area contributed by atoms with Crippen LogP contribution in [0.5, 0.6) is 0 Å². The molecule has 1 rings (SSSR count). The Balaban J connectivity index is 1.77. The quantitative estimate of drug-likeness (QED) is 0.181. The topological polar surface area (TPSA) is 99.4 Å². The fourth-order valence-electron chi connectivity index (χ4n) is 4.03. The molecule has 32 heavy (non-hydrogen) atoms. The summed E-state index contributed by atoms with van der Waals surface area (Å²) < 4.78 is 10.6. The Kier molecular flexibility index (Phi) is 19.3. The third-order valence-corrected chi connectivity index (χ3v) is 7.34. The highest BCUT2D eigenvalue weighted by Crippen LogP contribution is 2.20. The maximum absolute atomic E-state index is 9.85.